The Labute approximate surface area is 250 Å². The molecule has 7 aromatic carbocycles. The molecule has 0 N–H and O–H groups in total. The van der Waals surface area contributed by atoms with Gasteiger partial charge in [-0.1, -0.05) is 96.7 Å². The van der Waals surface area contributed by atoms with E-state index in [1.54, 1.807) is 36.4 Å². The summed E-state index contributed by atoms with van der Waals surface area (Å²) >= 11 is 0. The Morgan fingerprint density at radius 3 is 1.93 bits per heavy atom. The molecule has 0 radical (unpaired) electrons. The van der Waals surface area contributed by atoms with Crippen molar-refractivity contribution in [1.82, 2.24) is 0 Å². The first-order chi connectivity index (χ1) is 26.1. The van der Waals surface area contributed by atoms with Crippen LogP contribution in [0.2, 0.25) is 0 Å². The first-order valence-corrected chi connectivity index (χ1v) is 12.4. The van der Waals surface area contributed by atoms with Crippen LogP contribution in [0.25, 0.3) is 87.5 Å². The lowest BCUT2D eigenvalue weighted by Gasteiger charge is -2.18. The highest BCUT2D eigenvalue weighted by molar-refractivity contribution is 6.28. The summed E-state index contributed by atoms with van der Waals surface area (Å²) in [6.07, 6.45) is 1.50. The van der Waals surface area contributed by atoms with Crippen LogP contribution in [0.15, 0.2) is 142 Å². The molecule has 2 nitrogen and oxygen atoms in total. The molecule has 40 heavy (non-hydrogen) atoms. The molecule has 0 amide bonds. The van der Waals surface area contributed by atoms with Gasteiger partial charge in [0.25, 0.3) is 0 Å². The summed E-state index contributed by atoms with van der Waals surface area (Å²) in [5.74, 6) is 0. The summed E-state index contributed by atoms with van der Waals surface area (Å²) in [5.41, 5.74) is 0.717. The van der Waals surface area contributed by atoms with Crippen LogP contribution in [0, 0.1) is 0 Å². The number of fused-ring (bicyclic) bond motifs is 8. The predicted molar refractivity (Wildman–Crippen MR) is 167 cm³/mol. The Kier molecular flexibility index (Phi) is 2.39. The fourth-order valence-corrected chi connectivity index (χ4v) is 5.62. The molecular formula is C38H22O2. The van der Waals surface area contributed by atoms with Crippen LogP contribution in [0.3, 0.4) is 0 Å². The van der Waals surface area contributed by atoms with Crippen LogP contribution in [0.1, 0.15) is 20.6 Å². The maximum absolute atomic E-state index is 9.41. The topological polar surface area (TPSA) is 26.3 Å². The van der Waals surface area contributed by atoms with Gasteiger partial charge >= 0.3 is 0 Å². The Morgan fingerprint density at radius 2 is 1.15 bits per heavy atom. The second kappa shape index (κ2) is 8.08. The SMILES string of the molecule is [2H]c1c([2H])c([2H])c2c([2H])c(-c3c4c([2H])c([2H])c([2H])c([2H])c4c(-c4cccc5oc6ccc7occc7c6c45)c4c([2H])c([2H])c([2H])c([2H])c34)c([2H])c([2H])c2c1[2H]. The van der Waals surface area contributed by atoms with E-state index in [0.717, 1.165) is 0 Å². The van der Waals surface area contributed by atoms with Gasteiger partial charge < -0.3 is 8.83 Å². The van der Waals surface area contributed by atoms with E-state index in [-0.39, 0.29) is 38.2 Å². The lowest BCUT2D eigenvalue weighted by molar-refractivity contribution is 0.615. The van der Waals surface area contributed by atoms with E-state index in [0.29, 0.717) is 32.9 Å². The number of hydrogen-bond acceptors (Lipinski definition) is 2. The summed E-state index contributed by atoms with van der Waals surface area (Å²) in [6, 6.07) is -0.0185. The lowest BCUT2D eigenvalue weighted by atomic mass is 9.84. The smallest absolute Gasteiger partial charge is 0.136 e. The van der Waals surface area contributed by atoms with E-state index in [9.17, 15) is 8.22 Å². The van der Waals surface area contributed by atoms with Crippen molar-refractivity contribution < 1.29 is 29.4 Å². The van der Waals surface area contributed by atoms with Gasteiger partial charge in [-0.2, -0.15) is 0 Å². The van der Waals surface area contributed by atoms with Crippen molar-refractivity contribution in [3.8, 4) is 22.3 Å². The summed E-state index contributed by atoms with van der Waals surface area (Å²) < 4.78 is 146. The van der Waals surface area contributed by atoms with E-state index in [4.69, 9.17) is 21.2 Å². The van der Waals surface area contributed by atoms with E-state index < -0.39 is 107 Å². The van der Waals surface area contributed by atoms with Crippen molar-refractivity contribution in [1.29, 1.82) is 0 Å². The van der Waals surface area contributed by atoms with Crippen LogP contribution in [-0.2, 0) is 0 Å². The quantitative estimate of drug-likeness (QED) is 0.210. The number of rotatable bonds is 2. The van der Waals surface area contributed by atoms with Gasteiger partial charge in [0.05, 0.1) is 26.8 Å². The monoisotopic (exact) mass is 525 g/mol. The zero-order chi connectivity index (χ0) is 39.3. The van der Waals surface area contributed by atoms with Gasteiger partial charge in [0, 0.05) is 16.2 Å². The highest BCUT2D eigenvalue weighted by Crippen LogP contribution is 2.48. The molecular weight excluding hydrogens is 488 g/mol. The number of benzene rings is 7. The number of hydrogen-bond donors (Lipinski definition) is 0. The third-order valence-corrected chi connectivity index (χ3v) is 7.24. The molecule has 9 aromatic rings. The van der Waals surface area contributed by atoms with Crippen LogP contribution < -0.4 is 0 Å². The maximum atomic E-state index is 9.41. The molecule has 186 valence electrons. The molecule has 0 saturated carbocycles. The predicted octanol–water partition coefficient (Wildman–Crippen LogP) is 11.1. The first kappa shape index (κ1) is 11.8. The molecule has 0 bridgehead atoms. The van der Waals surface area contributed by atoms with Crippen LogP contribution in [0.4, 0.5) is 0 Å². The van der Waals surface area contributed by atoms with Crippen molar-refractivity contribution in [2.24, 2.45) is 0 Å². The molecule has 0 atom stereocenters. The number of furan rings is 2. The molecule has 2 heterocycles. The van der Waals surface area contributed by atoms with Crippen LogP contribution >= 0.6 is 0 Å². The zero-order valence-corrected chi connectivity index (χ0v) is 20.4. The molecule has 0 aliphatic heterocycles. The standard InChI is InChI=1S/C38H22O2/c1-2-9-24-22-25(17-16-23(24)8-1)35-26-10-3-5-12-28(26)36(29-13-6-4-11-27(29)35)31-14-7-15-33-38(31)37-30-20-21-39-32(30)18-19-34(37)40-33/h1-22H/i1D,2D,3D,4D,5D,6D,8D,9D,10D,11D,12D,13D,16D,17D,22D. The van der Waals surface area contributed by atoms with E-state index in [1.165, 1.54) is 6.26 Å². The molecule has 9 rings (SSSR count). The minimum Gasteiger partial charge on any atom is -0.464 e. The van der Waals surface area contributed by atoms with Crippen LogP contribution in [0.5, 0.6) is 0 Å². The molecule has 0 saturated heterocycles. The van der Waals surface area contributed by atoms with E-state index >= 15 is 0 Å². The van der Waals surface area contributed by atoms with E-state index in [2.05, 4.69) is 0 Å². The molecule has 0 spiro atoms. The third-order valence-electron chi connectivity index (χ3n) is 7.24. The van der Waals surface area contributed by atoms with Gasteiger partial charge in [-0.25, -0.2) is 0 Å². The fraction of sp³-hybridized carbons (Fsp3) is 0. The van der Waals surface area contributed by atoms with Crippen molar-refractivity contribution >= 4 is 65.2 Å². The van der Waals surface area contributed by atoms with Gasteiger partial charge in [0.1, 0.15) is 16.7 Å². The highest BCUT2D eigenvalue weighted by atomic mass is 16.3. The summed E-state index contributed by atoms with van der Waals surface area (Å²) in [5, 5.41) is -0.225. The molecule has 0 unspecified atom stereocenters. The van der Waals surface area contributed by atoms with Crippen molar-refractivity contribution in [2.45, 2.75) is 0 Å². The molecule has 0 aliphatic rings. The van der Waals surface area contributed by atoms with Crippen molar-refractivity contribution in [2.75, 3.05) is 0 Å². The highest BCUT2D eigenvalue weighted by Gasteiger charge is 2.21. The summed E-state index contributed by atoms with van der Waals surface area (Å²) in [4.78, 5) is 0. The second-order valence-corrected chi connectivity index (χ2v) is 9.30. The van der Waals surface area contributed by atoms with Crippen LogP contribution in [-0.4, -0.2) is 0 Å². The van der Waals surface area contributed by atoms with Crippen molar-refractivity contribution in [3.05, 3.63) is 133 Å². The van der Waals surface area contributed by atoms with Gasteiger partial charge in [0.15, 0.2) is 0 Å². The average molecular weight is 526 g/mol. The Bertz CT molecular complexity index is 3190. The molecule has 0 aliphatic carbocycles. The van der Waals surface area contributed by atoms with Crippen molar-refractivity contribution in [3.63, 3.8) is 0 Å². The molecule has 2 aromatic heterocycles. The minimum absolute atomic E-state index is 0.00610. The zero-order valence-electron chi connectivity index (χ0n) is 35.4. The van der Waals surface area contributed by atoms with E-state index in [1.807, 2.05) is 0 Å². The summed E-state index contributed by atoms with van der Waals surface area (Å²) in [7, 11) is 0. The fourth-order valence-electron chi connectivity index (χ4n) is 5.62. The summed E-state index contributed by atoms with van der Waals surface area (Å²) in [6.45, 7) is 0. The van der Waals surface area contributed by atoms with Gasteiger partial charge in [-0.15, -0.1) is 0 Å². The van der Waals surface area contributed by atoms with Gasteiger partial charge in [-0.3, -0.25) is 0 Å². The molecule has 2 heteroatoms. The Hall–Kier alpha value is -5.34. The minimum atomic E-state index is -0.747. The second-order valence-electron chi connectivity index (χ2n) is 9.30. The van der Waals surface area contributed by atoms with Gasteiger partial charge in [-0.05, 0) is 84.9 Å². The largest absolute Gasteiger partial charge is 0.464 e. The molecule has 0 fully saturated rings. The normalized spacial score (nSPS) is 17.2. The van der Waals surface area contributed by atoms with Gasteiger partial charge in [0.2, 0.25) is 0 Å². The lowest BCUT2D eigenvalue weighted by Crippen LogP contribution is -1.91. The first-order valence-electron chi connectivity index (χ1n) is 19.9. The average Bonchev–Trinajstić information content (AvgIpc) is 3.81. The maximum Gasteiger partial charge on any atom is 0.136 e. The Balaban J connectivity index is 1.64. The Morgan fingerprint density at radius 1 is 0.500 bits per heavy atom. The third kappa shape index (κ3) is 2.93.